The van der Waals surface area contributed by atoms with Gasteiger partial charge in [-0.15, -0.1) is 0 Å². The lowest BCUT2D eigenvalue weighted by atomic mass is 9.84. The van der Waals surface area contributed by atoms with E-state index in [2.05, 4.69) is 20.8 Å². The number of hydrogen-bond acceptors (Lipinski definition) is 3. The number of ether oxygens (including phenoxy) is 2. The average Bonchev–Trinajstić information content (AvgIpc) is 2.54. The highest BCUT2D eigenvalue weighted by molar-refractivity contribution is 5.92. The van der Waals surface area contributed by atoms with Crippen LogP contribution in [0.25, 0.3) is 6.08 Å². The van der Waals surface area contributed by atoms with E-state index < -0.39 is 5.97 Å². The first-order valence-corrected chi connectivity index (χ1v) is 7.54. The van der Waals surface area contributed by atoms with E-state index in [1.807, 2.05) is 48.5 Å². The lowest BCUT2D eigenvalue weighted by Crippen LogP contribution is -2.18. The van der Waals surface area contributed by atoms with Crippen LogP contribution in [-0.2, 0) is 14.9 Å². The summed E-state index contributed by atoms with van der Waals surface area (Å²) in [4.78, 5) is 12.5. The first kappa shape index (κ1) is 16.8. The molecule has 0 heterocycles. The Hall–Kier alpha value is -2.55. The molecule has 2 aromatic rings. The van der Waals surface area contributed by atoms with Gasteiger partial charge in [-0.1, -0.05) is 69.3 Å². The molecule has 120 valence electrons. The fourth-order valence-corrected chi connectivity index (χ4v) is 2.28. The van der Waals surface area contributed by atoms with Crippen LogP contribution < -0.4 is 0 Å². The van der Waals surface area contributed by atoms with E-state index in [1.54, 1.807) is 12.1 Å². The number of methoxy groups -OCH3 is 1. The second kappa shape index (κ2) is 7.14. The lowest BCUT2D eigenvalue weighted by molar-refractivity contribution is 0.0374. The minimum atomic E-state index is -0.417. The van der Waals surface area contributed by atoms with Gasteiger partial charge in [0.1, 0.15) is 0 Å². The molecular formula is C20H22O3. The molecule has 0 radical (unpaired) electrons. The molecule has 0 aromatic heterocycles. The number of carbonyl (C=O) groups excluding carboxylic acids is 1. The highest BCUT2D eigenvalue weighted by atomic mass is 16.7. The zero-order valence-corrected chi connectivity index (χ0v) is 14.0. The van der Waals surface area contributed by atoms with Crippen molar-refractivity contribution >= 4 is 12.0 Å². The maximum absolute atomic E-state index is 12.5. The van der Waals surface area contributed by atoms with Crippen molar-refractivity contribution in [2.75, 3.05) is 7.11 Å². The molecule has 0 saturated heterocycles. The topological polar surface area (TPSA) is 35.5 Å². The summed E-state index contributed by atoms with van der Waals surface area (Å²) in [6.07, 6.45) is 1.69. The standard InChI is InChI=1S/C20H22O3/c1-20(2,3)17-13-9-8-12-16(17)19(21)23-18(22-4)14-15-10-6-5-7-11-15/h5-14H,1-4H3. The Kier molecular flexibility index (Phi) is 5.22. The molecule has 0 aliphatic rings. The normalized spacial score (nSPS) is 11.9. The van der Waals surface area contributed by atoms with Gasteiger partial charge in [0.15, 0.2) is 0 Å². The molecule has 2 aromatic carbocycles. The van der Waals surface area contributed by atoms with Gasteiger partial charge in [0.2, 0.25) is 0 Å². The number of rotatable bonds is 4. The van der Waals surface area contributed by atoms with Crippen molar-refractivity contribution in [1.29, 1.82) is 0 Å². The minimum absolute atomic E-state index is 0.147. The van der Waals surface area contributed by atoms with E-state index in [9.17, 15) is 4.79 Å². The monoisotopic (exact) mass is 310 g/mol. The first-order chi connectivity index (χ1) is 10.9. The summed E-state index contributed by atoms with van der Waals surface area (Å²) in [7, 11) is 1.48. The van der Waals surface area contributed by atoms with Crippen LogP contribution in [0.3, 0.4) is 0 Å². The molecule has 0 unspecified atom stereocenters. The van der Waals surface area contributed by atoms with E-state index >= 15 is 0 Å². The van der Waals surface area contributed by atoms with Crippen molar-refractivity contribution in [3.63, 3.8) is 0 Å². The van der Waals surface area contributed by atoms with Gasteiger partial charge in [-0.2, -0.15) is 0 Å². The van der Waals surface area contributed by atoms with Gasteiger partial charge in [0.25, 0.3) is 5.95 Å². The fraction of sp³-hybridized carbons (Fsp3) is 0.250. The summed E-state index contributed by atoms with van der Waals surface area (Å²) >= 11 is 0. The number of carbonyl (C=O) groups is 1. The van der Waals surface area contributed by atoms with E-state index in [4.69, 9.17) is 9.47 Å². The molecule has 3 heteroatoms. The molecule has 2 rings (SSSR count). The van der Waals surface area contributed by atoms with Crippen molar-refractivity contribution in [2.24, 2.45) is 0 Å². The van der Waals surface area contributed by atoms with Crippen molar-refractivity contribution < 1.29 is 14.3 Å². The van der Waals surface area contributed by atoms with E-state index in [-0.39, 0.29) is 11.4 Å². The molecule has 0 bridgehead atoms. The summed E-state index contributed by atoms with van der Waals surface area (Å²) < 4.78 is 10.6. The molecule has 0 aliphatic heterocycles. The summed E-state index contributed by atoms with van der Waals surface area (Å²) in [5, 5.41) is 0. The first-order valence-electron chi connectivity index (χ1n) is 7.54. The zero-order valence-electron chi connectivity index (χ0n) is 14.0. The van der Waals surface area contributed by atoms with Crippen LogP contribution in [0, 0.1) is 0 Å². The maximum Gasteiger partial charge on any atom is 0.346 e. The van der Waals surface area contributed by atoms with E-state index in [0.29, 0.717) is 5.56 Å². The van der Waals surface area contributed by atoms with Gasteiger partial charge in [-0.3, -0.25) is 0 Å². The van der Waals surface area contributed by atoms with Gasteiger partial charge < -0.3 is 9.47 Å². The van der Waals surface area contributed by atoms with Crippen LogP contribution in [0.4, 0.5) is 0 Å². The van der Waals surface area contributed by atoms with Crippen LogP contribution in [0.2, 0.25) is 0 Å². The van der Waals surface area contributed by atoms with Crippen molar-refractivity contribution in [3.05, 3.63) is 77.2 Å². The Morgan fingerprint density at radius 3 is 2.17 bits per heavy atom. The van der Waals surface area contributed by atoms with Crippen LogP contribution in [0.15, 0.2) is 60.5 Å². The van der Waals surface area contributed by atoms with Crippen LogP contribution in [0.1, 0.15) is 42.3 Å². The lowest BCUT2D eigenvalue weighted by Gasteiger charge is -2.22. The minimum Gasteiger partial charge on any atom is -0.468 e. The molecule has 0 amide bonds. The highest BCUT2D eigenvalue weighted by Crippen LogP contribution is 2.26. The fourth-order valence-electron chi connectivity index (χ4n) is 2.28. The summed E-state index contributed by atoms with van der Waals surface area (Å²) in [6.45, 7) is 6.20. The Morgan fingerprint density at radius 2 is 1.57 bits per heavy atom. The third-order valence-corrected chi connectivity index (χ3v) is 3.43. The van der Waals surface area contributed by atoms with Crippen molar-refractivity contribution in [2.45, 2.75) is 26.2 Å². The molecular weight excluding hydrogens is 288 g/mol. The molecule has 0 fully saturated rings. The molecule has 0 aliphatic carbocycles. The SMILES string of the molecule is COC(=Cc1ccccc1)OC(=O)c1ccccc1C(C)(C)C. The highest BCUT2D eigenvalue weighted by Gasteiger charge is 2.23. The van der Waals surface area contributed by atoms with Gasteiger partial charge in [-0.25, -0.2) is 4.79 Å². The summed E-state index contributed by atoms with van der Waals surface area (Å²) in [6, 6.07) is 17.1. The van der Waals surface area contributed by atoms with Gasteiger partial charge >= 0.3 is 5.97 Å². The van der Waals surface area contributed by atoms with Gasteiger partial charge in [0.05, 0.1) is 12.7 Å². The number of benzene rings is 2. The molecule has 0 saturated carbocycles. The predicted molar refractivity (Wildman–Crippen MR) is 92.0 cm³/mol. The number of hydrogen-bond donors (Lipinski definition) is 0. The second-order valence-electron chi connectivity index (χ2n) is 6.26. The van der Waals surface area contributed by atoms with Crippen molar-refractivity contribution in [1.82, 2.24) is 0 Å². The molecule has 0 atom stereocenters. The molecule has 0 spiro atoms. The number of esters is 1. The average molecular weight is 310 g/mol. The zero-order chi connectivity index (χ0) is 16.9. The summed E-state index contributed by atoms with van der Waals surface area (Å²) in [5.41, 5.74) is 2.25. The Bertz CT molecular complexity index is 694. The smallest absolute Gasteiger partial charge is 0.346 e. The van der Waals surface area contributed by atoms with E-state index in [1.165, 1.54) is 7.11 Å². The van der Waals surface area contributed by atoms with Crippen LogP contribution in [-0.4, -0.2) is 13.1 Å². The Labute approximate surface area is 137 Å². The third kappa shape index (κ3) is 4.46. The maximum atomic E-state index is 12.5. The third-order valence-electron chi connectivity index (χ3n) is 3.43. The van der Waals surface area contributed by atoms with Crippen LogP contribution >= 0.6 is 0 Å². The van der Waals surface area contributed by atoms with Gasteiger partial charge in [-0.05, 0) is 22.6 Å². The van der Waals surface area contributed by atoms with Crippen LogP contribution in [0.5, 0.6) is 0 Å². The summed E-state index contributed by atoms with van der Waals surface area (Å²) in [5.74, 6) is -0.246. The quantitative estimate of drug-likeness (QED) is 0.602. The molecule has 3 nitrogen and oxygen atoms in total. The van der Waals surface area contributed by atoms with Crippen molar-refractivity contribution in [3.8, 4) is 0 Å². The van der Waals surface area contributed by atoms with Gasteiger partial charge in [0, 0.05) is 6.08 Å². The Balaban J connectivity index is 2.26. The predicted octanol–water partition coefficient (Wildman–Crippen LogP) is 4.79. The molecule has 0 N–H and O–H groups in total. The second-order valence-corrected chi connectivity index (χ2v) is 6.26. The largest absolute Gasteiger partial charge is 0.468 e. The Morgan fingerprint density at radius 1 is 0.957 bits per heavy atom. The molecule has 23 heavy (non-hydrogen) atoms. The van der Waals surface area contributed by atoms with E-state index in [0.717, 1.165) is 11.1 Å².